The van der Waals surface area contributed by atoms with Crippen molar-refractivity contribution in [3.05, 3.63) is 28.8 Å². The van der Waals surface area contributed by atoms with Gasteiger partial charge in [0, 0.05) is 17.6 Å². The number of hydrogen-bond acceptors (Lipinski definition) is 2. The fraction of sp³-hybridized carbons (Fsp3) is 0.222. The Kier molecular flexibility index (Phi) is 1.88. The van der Waals surface area contributed by atoms with Crippen LogP contribution in [0.5, 0.6) is 5.75 Å². The van der Waals surface area contributed by atoms with Crippen molar-refractivity contribution >= 4 is 17.7 Å². The van der Waals surface area contributed by atoms with Crippen LogP contribution in [0.1, 0.15) is 5.56 Å². The summed E-state index contributed by atoms with van der Waals surface area (Å²) in [6.45, 7) is 0.575. The Morgan fingerprint density at radius 2 is 2.31 bits per heavy atom. The Morgan fingerprint density at radius 3 is 3.08 bits per heavy atom. The van der Waals surface area contributed by atoms with Gasteiger partial charge in [-0.15, -0.1) is 0 Å². The van der Waals surface area contributed by atoms with Gasteiger partial charge in [-0.25, -0.2) is 4.79 Å². The zero-order chi connectivity index (χ0) is 9.42. The van der Waals surface area contributed by atoms with E-state index in [9.17, 15) is 4.79 Å². The van der Waals surface area contributed by atoms with Crippen LogP contribution in [0.25, 0.3) is 0 Å². The van der Waals surface area contributed by atoms with Crippen molar-refractivity contribution in [2.45, 2.75) is 6.54 Å². The molecule has 2 rings (SSSR count). The molecule has 0 saturated carbocycles. The summed E-state index contributed by atoms with van der Waals surface area (Å²) in [7, 11) is 1.69. The summed E-state index contributed by atoms with van der Waals surface area (Å²) in [6.07, 6.45) is -0.338. The number of carbonyl (C=O) groups excluding carboxylic acids is 1. The smallest absolute Gasteiger partial charge is 0.410 e. The molecule has 3 nitrogen and oxygen atoms in total. The third-order valence-corrected chi connectivity index (χ3v) is 2.18. The molecule has 0 aromatic heterocycles. The molecule has 0 N–H and O–H groups in total. The van der Waals surface area contributed by atoms with Crippen molar-refractivity contribution in [3.8, 4) is 5.75 Å². The predicted molar refractivity (Wildman–Crippen MR) is 48.9 cm³/mol. The first-order valence-corrected chi connectivity index (χ1v) is 4.26. The zero-order valence-corrected chi connectivity index (χ0v) is 7.84. The third kappa shape index (κ3) is 1.47. The first-order valence-electron chi connectivity index (χ1n) is 3.88. The molecular weight excluding hydrogens is 190 g/mol. The Morgan fingerprint density at radius 1 is 1.54 bits per heavy atom. The Labute approximate surface area is 80.9 Å². The van der Waals surface area contributed by atoms with Gasteiger partial charge in [0.15, 0.2) is 0 Å². The highest BCUT2D eigenvalue weighted by Crippen LogP contribution is 2.28. The number of halogens is 1. The van der Waals surface area contributed by atoms with E-state index in [1.807, 2.05) is 6.07 Å². The first-order chi connectivity index (χ1) is 6.16. The molecule has 0 radical (unpaired) electrons. The number of ether oxygens (including phenoxy) is 1. The molecule has 0 unspecified atom stereocenters. The fourth-order valence-corrected chi connectivity index (χ4v) is 1.41. The predicted octanol–water partition coefficient (Wildman–Crippen LogP) is 2.28. The van der Waals surface area contributed by atoms with Crippen LogP contribution in [-0.4, -0.2) is 18.0 Å². The molecule has 13 heavy (non-hydrogen) atoms. The van der Waals surface area contributed by atoms with Crippen molar-refractivity contribution in [1.29, 1.82) is 0 Å². The van der Waals surface area contributed by atoms with Crippen LogP contribution >= 0.6 is 11.6 Å². The number of hydrogen-bond donors (Lipinski definition) is 0. The number of fused-ring (bicyclic) bond motifs is 1. The topological polar surface area (TPSA) is 29.5 Å². The van der Waals surface area contributed by atoms with Crippen LogP contribution in [0.15, 0.2) is 18.2 Å². The minimum atomic E-state index is -0.338. The Balaban J connectivity index is 2.42. The number of amides is 1. The van der Waals surface area contributed by atoms with E-state index in [4.69, 9.17) is 16.3 Å². The molecule has 0 aliphatic carbocycles. The third-order valence-electron chi connectivity index (χ3n) is 1.95. The molecule has 4 heteroatoms. The maximum absolute atomic E-state index is 11.1. The van der Waals surface area contributed by atoms with Crippen LogP contribution in [0.4, 0.5) is 4.79 Å². The monoisotopic (exact) mass is 197 g/mol. The van der Waals surface area contributed by atoms with Crippen LogP contribution in [0, 0.1) is 0 Å². The fourth-order valence-electron chi connectivity index (χ4n) is 1.25. The molecule has 0 bridgehead atoms. The maximum Gasteiger partial charge on any atom is 0.415 e. The van der Waals surface area contributed by atoms with E-state index >= 15 is 0 Å². The minimum Gasteiger partial charge on any atom is -0.410 e. The van der Waals surface area contributed by atoms with Gasteiger partial charge in [-0.05, 0) is 12.1 Å². The second-order valence-corrected chi connectivity index (χ2v) is 3.41. The van der Waals surface area contributed by atoms with E-state index in [-0.39, 0.29) is 6.09 Å². The zero-order valence-electron chi connectivity index (χ0n) is 7.08. The lowest BCUT2D eigenvalue weighted by Gasteiger charge is -2.24. The molecule has 0 atom stereocenters. The van der Waals surface area contributed by atoms with Crippen molar-refractivity contribution < 1.29 is 9.53 Å². The summed E-state index contributed by atoms with van der Waals surface area (Å²) >= 11 is 5.76. The van der Waals surface area contributed by atoms with Crippen LogP contribution in [0.3, 0.4) is 0 Å². The average molecular weight is 198 g/mol. The summed E-state index contributed by atoms with van der Waals surface area (Å²) in [5, 5.41) is 0.580. The van der Waals surface area contributed by atoms with Gasteiger partial charge < -0.3 is 9.64 Å². The van der Waals surface area contributed by atoms with Crippen LogP contribution < -0.4 is 4.74 Å². The van der Waals surface area contributed by atoms with E-state index in [1.54, 1.807) is 19.2 Å². The molecule has 68 valence electrons. The molecule has 1 amide bonds. The minimum absolute atomic E-state index is 0.338. The Hall–Kier alpha value is -1.22. The largest absolute Gasteiger partial charge is 0.415 e. The SMILES string of the molecule is CN1Cc2ccc(Cl)cc2OC1=O. The van der Waals surface area contributed by atoms with Crippen molar-refractivity contribution in [1.82, 2.24) is 4.90 Å². The summed E-state index contributed by atoms with van der Waals surface area (Å²) in [6, 6.07) is 5.30. The van der Waals surface area contributed by atoms with Gasteiger partial charge in [0.05, 0.1) is 6.54 Å². The van der Waals surface area contributed by atoms with Gasteiger partial charge in [-0.1, -0.05) is 17.7 Å². The van der Waals surface area contributed by atoms with E-state index < -0.39 is 0 Å². The highest BCUT2D eigenvalue weighted by Gasteiger charge is 2.21. The second kappa shape index (κ2) is 2.92. The number of rotatable bonds is 0. The van der Waals surface area contributed by atoms with E-state index in [2.05, 4.69) is 0 Å². The van der Waals surface area contributed by atoms with E-state index in [0.29, 0.717) is 17.3 Å². The molecular formula is C9H8ClNO2. The molecule has 1 aromatic carbocycles. The summed E-state index contributed by atoms with van der Waals surface area (Å²) < 4.78 is 5.03. The van der Waals surface area contributed by atoms with Gasteiger partial charge in [-0.3, -0.25) is 0 Å². The molecule has 0 spiro atoms. The van der Waals surface area contributed by atoms with Gasteiger partial charge in [-0.2, -0.15) is 0 Å². The molecule has 1 aliphatic rings. The second-order valence-electron chi connectivity index (χ2n) is 2.98. The normalized spacial score (nSPS) is 15.2. The molecule has 1 heterocycles. The lowest BCUT2D eigenvalue weighted by atomic mass is 10.2. The number of benzene rings is 1. The van der Waals surface area contributed by atoms with E-state index in [0.717, 1.165) is 5.56 Å². The number of carbonyl (C=O) groups is 1. The van der Waals surface area contributed by atoms with Gasteiger partial charge >= 0.3 is 6.09 Å². The summed E-state index contributed by atoms with van der Waals surface area (Å²) in [5.74, 6) is 0.565. The first kappa shape index (κ1) is 8.38. The van der Waals surface area contributed by atoms with Gasteiger partial charge in [0.2, 0.25) is 0 Å². The van der Waals surface area contributed by atoms with Gasteiger partial charge in [0.1, 0.15) is 5.75 Å². The van der Waals surface area contributed by atoms with Crippen molar-refractivity contribution in [3.63, 3.8) is 0 Å². The molecule has 0 saturated heterocycles. The Bertz CT molecular complexity index is 365. The van der Waals surface area contributed by atoms with Crippen LogP contribution in [0.2, 0.25) is 5.02 Å². The highest BCUT2D eigenvalue weighted by atomic mass is 35.5. The number of nitrogens with zero attached hydrogens (tertiary/aromatic N) is 1. The standard InChI is InChI=1S/C9H8ClNO2/c1-11-5-6-2-3-7(10)4-8(6)13-9(11)12/h2-4H,5H2,1H3. The van der Waals surface area contributed by atoms with Gasteiger partial charge in [0.25, 0.3) is 0 Å². The summed E-state index contributed by atoms with van der Waals surface area (Å²) in [5.41, 5.74) is 0.978. The van der Waals surface area contributed by atoms with Crippen molar-refractivity contribution in [2.24, 2.45) is 0 Å². The molecule has 1 aromatic rings. The highest BCUT2D eigenvalue weighted by molar-refractivity contribution is 6.30. The van der Waals surface area contributed by atoms with Crippen LogP contribution in [-0.2, 0) is 6.54 Å². The van der Waals surface area contributed by atoms with Crippen molar-refractivity contribution in [2.75, 3.05) is 7.05 Å². The quantitative estimate of drug-likeness (QED) is 0.639. The summed E-state index contributed by atoms with van der Waals surface area (Å²) in [4.78, 5) is 12.6. The lowest BCUT2D eigenvalue weighted by molar-refractivity contribution is 0.150. The average Bonchev–Trinajstić information content (AvgIpc) is 2.08. The molecule has 0 fully saturated rings. The maximum atomic E-state index is 11.1. The molecule has 1 aliphatic heterocycles. The lowest BCUT2D eigenvalue weighted by Crippen LogP contribution is -2.33. The van der Waals surface area contributed by atoms with E-state index in [1.165, 1.54) is 4.90 Å².